The molecule has 0 aromatic heterocycles. The average Bonchev–Trinajstić information content (AvgIpc) is 0.722. The minimum absolute atomic E-state index is 0. The van der Waals surface area contributed by atoms with Gasteiger partial charge < -0.3 is 24.9 Å². The maximum absolute atomic E-state index is 7.33. The van der Waals surface area contributed by atoms with Crippen molar-refractivity contribution >= 4 is 112 Å². The van der Waals surface area contributed by atoms with Crippen LogP contribution in [0.15, 0.2) is 0 Å². The van der Waals surface area contributed by atoms with Crippen molar-refractivity contribution in [1.29, 1.82) is 0 Å². The molecule has 0 spiro atoms. The third-order valence-corrected chi connectivity index (χ3v) is 0. The molecular formula is H10Ca2O4PbSi. The summed E-state index contributed by atoms with van der Waals surface area (Å²) in [6.07, 6.45) is 0. The Labute approximate surface area is 134 Å². The predicted molar refractivity (Wildman–Crippen MR) is 39.1 cm³/mol. The molecule has 4 nitrogen and oxygen atoms in total. The SMILES string of the molecule is O[Si](O)(O)O.[Ca+2].[Ca+2].[H-].[H-].[H-].[H-].[PbH2]. The van der Waals surface area contributed by atoms with E-state index in [1.54, 1.807) is 0 Å². The maximum atomic E-state index is 7.33. The van der Waals surface area contributed by atoms with Crippen molar-refractivity contribution in [2.45, 2.75) is 0 Å². The van der Waals surface area contributed by atoms with Crippen molar-refractivity contribution in [2.24, 2.45) is 0 Å². The second-order valence-corrected chi connectivity index (χ2v) is 1.80. The normalized spacial score (nSPS) is 7.50. The van der Waals surface area contributed by atoms with Gasteiger partial charge in [-0.1, -0.05) is 0 Å². The molecule has 0 aromatic rings. The van der Waals surface area contributed by atoms with Gasteiger partial charge in [-0.3, -0.25) is 0 Å². The summed E-state index contributed by atoms with van der Waals surface area (Å²) in [5.41, 5.74) is 0. The Kier molecular flexibility index (Phi) is 29.6. The quantitative estimate of drug-likeness (QED) is 0.320. The van der Waals surface area contributed by atoms with Gasteiger partial charge in [0.05, 0.1) is 0 Å². The van der Waals surface area contributed by atoms with Gasteiger partial charge in [0.15, 0.2) is 0 Å². The summed E-state index contributed by atoms with van der Waals surface area (Å²) in [5.74, 6) is 0. The number of rotatable bonds is 0. The van der Waals surface area contributed by atoms with Crippen molar-refractivity contribution < 1.29 is 24.9 Å². The summed E-state index contributed by atoms with van der Waals surface area (Å²) in [6, 6.07) is 0. The van der Waals surface area contributed by atoms with E-state index in [4.69, 9.17) is 19.2 Å². The molecule has 46 valence electrons. The molecule has 4 N–H and O–H groups in total. The Morgan fingerprint density at radius 1 is 0.875 bits per heavy atom. The van der Waals surface area contributed by atoms with E-state index < -0.39 is 9.05 Å². The van der Waals surface area contributed by atoms with Crippen molar-refractivity contribution in [3.63, 3.8) is 0 Å². The molecule has 0 bridgehead atoms. The summed E-state index contributed by atoms with van der Waals surface area (Å²) in [5, 5.41) is 0. The fourth-order valence-electron chi connectivity index (χ4n) is 0. The zero-order chi connectivity index (χ0) is 4.50. The molecule has 0 saturated heterocycles. The fourth-order valence-corrected chi connectivity index (χ4v) is 0. The van der Waals surface area contributed by atoms with Crippen molar-refractivity contribution in [3.05, 3.63) is 0 Å². The average molecular weight is 390 g/mol. The fraction of sp³-hybridized carbons (Fsp3) is 0. The van der Waals surface area contributed by atoms with E-state index in [2.05, 4.69) is 0 Å². The van der Waals surface area contributed by atoms with Crippen molar-refractivity contribution in [3.8, 4) is 0 Å². The molecule has 0 aliphatic rings. The molecule has 0 atom stereocenters. The van der Waals surface area contributed by atoms with Gasteiger partial charge in [-0.15, -0.1) is 0 Å². The Morgan fingerprint density at radius 2 is 0.875 bits per heavy atom. The van der Waals surface area contributed by atoms with Crippen molar-refractivity contribution in [2.75, 3.05) is 0 Å². The Balaban J connectivity index is -0.00000000381. The second kappa shape index (κ2) is 10.5. The molecule has 0 rings (SSSR count). The molecule has 0 amide bonds. The molecule has 0 heterocycles. The van der Waals surface area contributed by atoms with E-state index >= 15 is 0 Å². The zero-order valence-electron chi connectivity index (χ0n) is 8.41. The zero-order valence-corrected chi connectivity index (χ0v) is 15.3. The van der Waals surface area contributed by atoms with Gasteiger partial charge in [0.1, 0.15) is 0 Å². The summed E-state index contributed by atoms with van der Waals surface area (Å²) in [4.78, 5) is 29.3. The van der Waals surface area contributed by atoms with Crippen LogP contribution in [0.4, 0.5) is 0 Å². The Hall–Kier alpha value is 3.50. The topological polar surface area (TPSA) is 80.9 Å². The summed E-state index contributed by atoms with van der Waals surface area (Å²) in [7, 11) is -4.61. The summed E-state index contributed by atoms with van der Waals surface area (Å²) >= 11 is 0. The molecule has 8 heteroatoms. The molecule has 0 aromatic carbocycles. The number of hydrogen-bond donors (Lipinski definition) is 4. The van der Waals surface area contributed by atoms with Crippen LogP contribution in [0.1, 0.15) is 5.71 Å². The van der Waals surface area contributed by atoms with Crippen molar-refractivity contribution in [1.82, 2.24) is 0 Å². The van der Waals surface area contributed by atoms with Gasteiger partial charge in [-0.25, -0.2) is 0 Å². The molecule has 2 radical (unpaired) electrons. The Morgan fingerprint density at radius 3 is 0.875 bits per heavy atom. The van der Waals surface area contributed by atoms with Crippen LogP contribution in [0.25, 0.3) is 0 Å². The first-order valence-corrected chi connectivity index (χ1v) is 2.68. The van der Waals surface area contributed by atoms with Crippen LogP contribution in [0.5, 0.6) is 0 Å². The second-order valence-electron chi connectivity index (χ2n) is 0.600. The molecule has 0 saturated carbocycles. The first-order chi connectivity index (χ1) is 2.00. The molecule has 8 heavy (non-hydrogen) atoms. The van der Waals surface area contributed by atoms with E-state index in [1.165, 1.54) is 0 Å². The van der Waals surface area contributed by atoms with Crippen LogP contribution in [-0.2, 0) is 0 Å². The van der Waals surface area contributed by atoms with E-state index in [0.717, 1.165) is 0 Å². The third-order valence-electron chi connectivity index (χ3n) is 0. The third kappa shape index (κ3) is 56.1. The molecule has 0 unspecified atom stereocenters. The molecule has 0 aliphatic heterocycles. The Bertz CT molecular complexity index is 40.5. The van der Waals surface area contributed by atoms with E-state index in [9.17, 15) is 0 Å². The van der Waals surface area contributed by atoms with Crippen LogP contribution >= 0.6 is 0 Å². The van der Waals surface area contributed by atoms with Gasteiger partial charge in [0, 0.05) is 0 Å². The van der Waals surface area contributed by atoms with Gasteiger partial charge in [0.2, 0.25) is 0 Å². The van der Waals surface area contributed by atoms with E-state index in [-0.39, 0.29) is 108 Å². The number of hydrogen-bond acceptors (Lipinski definition) is 4. The van der Waals surface area contributed by atoms with Crippen LogP contribution < -0.4 is 0 Å². The summed E-state index contributed by atoms with van der Waals surface area (Å²) in [6.45, 7) is 0. The van der Waals surface area contributed by atoms with Gasteiger partial charge in [0.25, 0.3) is 0 Å². The van der Waals surface area contributed by atoms with Crippen LogP contribution in [0.3, 0.4) is 0 Å². The van der Waals surface area contributed by atoms with Gasteiger partial charge in [-0.05, 0) is 0 Å². The monoisotopic (exact) mass is 390 g/mol. The van der Waals surface area contributed by atoms with Crippen LogP contribution in [-0.4, -0.2) is 131 Å². The van der Waals surface area contributed by atoms with Gasteiger partial charge in [-0.2, -0.15) is 0 Å². The van der Waals surface area contributed by atoms with Gasteiger partial charge >= 0.3 is 112 Å². The molecular weight excluding hydrogens is 379 g/mol. The van der Waals surface area contributed by atoms with Crippen LogP contribution in [0, 0.1) is 0 Å². The first kappa shape index (κ1) is 22.5. The first-order valence-electron chi connectivity index (χ1n) is 0.894. The van der Waals surface area contributed by atoms with E-state index in [0.29, 0.717) is 0 Å². The van der Waals surface area contributed by atoms with Crippen LogP contribution in [0.2, 0.25) is 0 Å². The summed E-state index contributed by atoms with van der Waals surface area (Å²) < 4.78 is 0. The predicted octanol–water partition coefficient (Wildman–Crippen LogP) is -3.84. The standard InChI is InChI=1S/2Ca.H4O4Si.Pb.6H/c;;1-5(2,3)4;;;;;;;/h;;1-4H;;;;;;;/q2*+2;;;;;4*-1. The van der Waals surface area contributed by atoms with E-state index in [1.807, 2.05) is 0 Å². The molecule has 0 aliphatic carbocycles. The molecule has 0 fully saturated rings. The minimum atomic E-state index is -4.61.